The zero-order valence-corrected chi connectivity index (χ0v) is 19.5. The average molecular weight is 453 g/mol. The molecule has 0 saturated heterocycles. The van der Waals surface area contributed by atoms with Crippen molar-refractivity contribution in [3.8, 4) is 0 Å². The molecule has 2 aromatic carbocycles. The predicted octanol–water partition coefficient (Wildman–Crippen LogP) is 4.59. The summed E-state index contributed by atoms with van der Waals surface area (Å²) in [5.41, 5.74) is 4.53. The second-order valence-corrected chi connectivity index (χ2v) is 7.76. The highest BCUT2D eigenvalue weighted by Gasteiger charge is 2.34. The van der Waals surface area contributed by atoms with Gasteiger partial charge in [-0.05, 0) is 67.9 Å². The standard InChI is InChI=1S/C24H28N4O3S/c1-5-16-10-12-18(13-11-16)25-23(30)26-19-9-7-8-17(14-19)21-20(22(29)31-4)15(3)28(6-2)24(32)27-21/h7-14,21H,5-6H2,1-4H3,(H,27,32)(H2,25,26,30)/t21-/m0/s1. The normalized spacial score (nSPS) is 15.8. The van der Waals surface area contributed by atoms with Gasteiger partial charge in [0.2, 0.25) is 0 Å². The van der Waals surface area contributed by atoms with Crippen LogP contribution in [0.25, 0.3) is 0 Å². The number of hydrogen-bond acceptors (Lipinski definition) is 4. The molecule has 168 valence electrons. The lowest BCUT2D eigenvalue weighted by Crippen LogP contribution is -2.47. The van der Waals surface area contributed by atoms with Crippen LogP contribution in [-0.2, 0) is 16.0 Å². The third kappa shape index (κ3) is 5.08. The number of benzene rings is 2. The molecule has 8 heteroatoms. The van der Waals surface area contributed by atoms with Crippen LogP contribution < -0.4 is 16.0 Å². The molecule has 2 amide bonds. The van der Waals surface area contributed by atoms with Crippen molar-refractivity contribution >= 4 is 40.7 Å². The Balaban J connectivity index is 1.82. The number of aryl methyl sites for hydroxylation is 1. The molecule has 1 aliphatic heterocycles. The number of ether oxygens (including phenoxy) is 1. The van der Waals surface area contributed by atoms with Gasteiger partial charge in [-0.2, -0.15) is 0 Å². The first-order valence-corrected chi connectivity index (χ1v) is 10.9. The zero-order chi connectivity index (χ0) is 23.3. The van der Waals surface area contributed by atoms with Gasteiger partial charge in [0.05, 0.1) is 18.7 Å². The molecule has 0 saturated carbocycles. The minimum Gasteiger partial charge on any atom is -0.466 e. The van der Waals surface area contributed by atoms with E-state index in [-0.39, 0.29) is 6.03 Å². The van der Waals surface area contributed by atoms with Gasteiger partial charge < -0.3 is 25.6 Å². The van der Waals surface area contributed by atoms with Crippen LogP contribution >= 0.6 is 12.2 Å². The number of carbonyl (C=O) groups is 2. The van der Waals surface area contributed by atoms with E-state index in [2.05, 4.69) is 22.9 Å². The average Bonchev–Trinajstić information content (AvgIpc) is 2.79. The van der Waals surface area contributed by atoms with Crippen molar-refractivity contribution in [1.29, 1.82) is 0 Å². The lowest BCUT2D eigenvalue weighted by molar-refractivity contribution is -0.136. The number of nitrogens with one attached hydrogen (secondary N) is 3. The van der Waals surface area contributed by atoms with Gasteiger partial charge >= 0.3 is 12.0 Å². The molecule has 0 aromatic heterocycles. The Hall–Kier alpha value is -3.39. The van der Waals surface area contributed by atoms with Gasteiger partial charge in [-0.25, -0.2) is 9.59 Å². The molecular weight excluding hydrogens is 424 g/mol. The molecule has 3 rings (SSSR count). The van der Waals surface area contributed by atoms with Gasteiger partial charge in [-0.1, -0.05) is 31.2 Å². The Labute approximate surface area is 193 Å². The van der Waals surface area contributed by atoms with Crippen molar-refractivity contribution in [2.75, 3.05) is 24.3 Å². The van der Waals surface area contributed by atoms with Crippen molar-refractivity contribution < 1.29 is 14.3 Å². The maximum Gasteiger partial charge on any atom is 0.337 e. The number of urea groups is 1. The molecule has 0 spiro atoms. The molecule has 1 atom stereocenters. The molecule has 0 radical (unpaired) electrons. The number of amides is 2. The first-order chi connectivity index (χ1) is 15.4. The molecule has 1 heterocycles. The quantitative estimate of drug-likeness (QED) is 0.439. The number of allylic oxidation sites excluding steroid dienone is 1. The second-order valence-electron chi connectivity index (χ2n) is 7.37. The molecule has 0 bridgehead atoms. The van der Waals surface area contributed by atoms with E-state index in [9.17, 15) is 9.59 Å². The molecule has 2 aromatic rings. The fourth-order valence-electron chi connectivity index (χ4n) is 3.70. The smallest absolute Gasteiger partial charge is 0.337 e. The number of anilines is 2. The van der Waals surface area contributed by atoms with Gasteiger partial charge in [-0.3, -0.25) is 0 Å². The van der Waals surface area contributed by atoms with Crippen molar-refractivity contribution in [2.24, 2.45) is 0 Å². The summed E-state index contributed by atoms with van der Waals surface area (Å²) in [5, 5.41) is 9.44. The largest absolute Gasteiger partial charge is 0.466 e. The summed E-state index contributed by atoms with van der Waals surface area (Å²) >= 11 is 5.50. The Morgan fingerprint density at radius 3 is 2.41 bits per heavy atom. The van der Waals surface area contributed by atoms with Gasteiger partial charge in [0.1, 0.15) is 0 Å². The maximum absolute atomic E-state index is 12.6. The highest BCUT2D eigenvalue weighted by atomic mass is 32.1. The topological polar surface area (TPSA) is 82.7 Å². The first kappa shape index (κ1) is 23.3. The number of rotatable bonds is 6. The van der Waals surface area contributed by atoms with Crippen molar-refractivity contribution in [1.82, 2.24) is 10.2 Å². The minimum absolute atomic E-state index is 0.351. The lowest BCUT2D eigenvalue weighted by Gasteiger charge is -2.37. The van der Waals surface area contributed by atoms with Crippen LogP contribution in [0.15, 0.2) is 59.8 Å². The van der Waals surface area contributed by atoms with E-state index in [0.717, 1.165) is 17.7 Å². The fraction of sp³-hybridized carbons (Fsp3) is 0.292. The summed E-state index contributed by atoms with van der Waals surface area (Å²) in [6.45, 7) is 6.53. The molecule has 32 heavy (non-hydrogen) atoms. The van der Waals surface area contributed by atoms with E-state index in [1.54, 1.807) is 6.07 Å². The number of carbonyl (C=O) groups excluding carboxylic acids is 2. The molecule has 0 aliphatic carbocycles. The molecule has 3 N–H and O–H groups in total. The van der Waals surface area contributed by atoms with E-state index < -0.39 is 12.0 Å². The van der Waals surface area contributed by atoms with E-state index >= 15 is 0 Å². The lowest BCUT2D eigenvalue weighted by atomic mass is 9.94. The van der Waals surface area contributed by atoms with Gasteiger partial charge in [0.25, 0.3) is 0 Å². The Kier molecular flexibility index (Phi) is 7.48. The number of methoxy groups -OCH3 is 1. The van der Waals surface area contributed by atoms with Gasteiger partial charge in [0.15, 0.2) is 5.11 Å². The van der Waals surface area contributed by atoms with Crippen molar-refractivity contribution in [3.05, 3.63) is 70.9 Å². The van der Waals surface area contributed by atoms with Crippen LogP contribution in [0, 0.1) is 0 Å². The maximum atomic E-state index is 12.6. The van der Waals surface area contributed by atoms with Crippen LogP contribution in [0.4, 0.5) is 16.2 Å². The molecule has 1 aliphatic rings. The third-order valence-electron chi connectivity index (χ3n) is 5.42. The SMILES string of the molecule is CCc1ccc(NC(=O)Nc2cccc([C@@H]3NC(=S)N(CC)C(C)=C3C(=O)OC)c2)cc1. The number of thiocarbonyl (C=S) groups is 1. The first-order valence-electron chi connectivity index (χ1n) is 10.5. The zero-order valence-electron chi connectivity index (χ0n) is 18.7. The van der Waals surface area contributed by atoms with Crippen molar-refractivity contribution in [3.63, 3.8) is 0 Å². The Morgan fingerprint density at radius 1 is 1.09 bits per heavy atom. The van der Waals surface area contributed by atoms with E-state index in [1.165, 1.54) is 12.7 Å². The number of esters is 1. The molecule has 0 unspecified atom stereocenters. The summed E-state index contributed by atoms with van der Waals surface area (Å²) in [4.78, 5) is 26.9. The summed E-state index contributed by atoms with van der Waals surface area (Å²) in [6, 6.07) is 14.2. The van der Waals surface area contributed by atoms with Crippen LogP contribution in [0.1, 0.15) is 37.9 Å². The van der Waals surface area contributed by atoms with Crippen LogP contribution in [0.5, 0.6) is 0 Å². The van der Waals surface area contributed by atoms with E-state index in [0.29, 0.717) is 28.6 Å². The molecule has 7 nitrogen and oxygen atoms in total. The van der Waals surface area contributed by atoms with Gasteiger partial charge in [0, 0.05) is 23.6 Å². The molecular formula is C24H28N4O3S. The second kappa shape index (κ2) is 10.3. The summed E-state index contributed by atoms with van der Waals surface area (Å²) in [5.74, 6) is -0.424. The highest BCUT2D eigenvalue weighted by molar-refractivity contribution is 7.80. The van der Waals surface area contributed by atoms with Crippen molar-refractivity contribution in [2.45, 2.75) is 33.2 Å². The monoisotopic (exact) mass is 452 g/mol. The number of hydrogen-bond donors (Lipinski definition) is 3. The van der Waals surface area contributed by atoms with E-state index in [4.69, 9.17) is 17.0 Å². The Bertz CT molecular complexity index is 1050. The predicted molar refractivity (Wildman–Crippen MR) is 130 cm³/mol. The molecule has 0 fully saturated rings. The number of nitrogens with zero attached hydrogens (tertiary/aromatic N) is 1. The minimum atomic E-state index is -0.482. The summed E-state index contributed by atoms with van der Waals surface area (Å²) < 4.78 is 5.03. The Morgan fingerprint density at radius 2 is 1.78 bits per heavy atom. The van der Waals surface area contributed by atoms with Crippen LogP contribution in [0.3, 0.4) is 0 Å². The summed E-state index contributed by atoms with van der Waals surface area (Å²) in [6.07, 6.45) is 0.940. The van der Waals surface area contributed by atoms with Gasteiger partial charge in [-0.15, -0.1) is 0 Å². The van der Waals surface area contributed by atoms with Crippen LogP contribution in [0.2, 0.25) is 0 Å². The third-order valence-corrected chi connectivity index (χ3v) is 5.75. The fourth-order valence-corrected chi connectivity index (χ4v) is 4.08. The highest BCUT2D eigenvalue weighted by Crippen LogP contribution is 2.32. The van der Waals surface area contributed by atoms with Crippen LogP contribution in [-0.4, -0.2) is 35.7 Å². The van der Waals surface area contributed by atoms with E-state index in [1.807, 2.05) is 61.2 Å². The summed E-state index contributed by atoms with van der Waals surface area (Å²) in [7, 11) is 1.36.